The molecule has 0 N–H and O–H groups in total. The smallest absolute Gasteiger partial charge is 0.114 e. The molecule has 0 bridgehead atoms. The van der Waals surface area contributed by atoms with Crippen LogP contribution in [0.1, 0.15) is 55.4 Å². The number of hydrogen-bond acceptors (Lipinski definition) is 0. The topological polar surface area (TPSA) is 0 Å². The van der Waals surface area contributed by atoms with Gasteiger partial charge in [-0.25, -0.2) is 4.39 Å². The van der Waals surface area contributed by atoms with E-state index in [9.17, 15) is 4.39 Å². The van der Waals surface area contributed by atoms with E-state index >= 15 is 0 Å². The summed E-state index contributed by atoms with van der Waals surface area (Å²) in [6, 6.07) is 0. The van der Waals surface area contributed by atoms with Gasteiger partial charge in [0.15, 0.2) is 0 Å². The van der Waals surface area contributed by atoms with E-state index in [1.54, 1.807) is 6.92 Å². The van der Waals surface area contributed by atoms with Crippen LogP contribution in [0, 0.1) is 29.6 Å². The molecule has 0 aliphatic heterocycles. The highest BCUT2D eigenvalue weighted by molar-refractivity contribution is 4.91. The van der Waals surface area contributed by atoms with Crippen LogP contribution >= 0.6 is 0 Å². The summed E-state index contributed by atoms with van der Waals surface area (Å²) in [7, 11) is 0. The molecule has 2 atom stereocenters. The molecule has 0 aromatic rings. The minimum absolute atomic E-state index is 0.118. The van der Waals surface area contributed by atoms with Crippen molar-refractivity contribution < 1.29 is 4.39 Å². The molecule has 92 valence electrons. The summed E-state index contributed by atoms with van der Waals surface area (Å²) < 4.78 is 14.9. The van der Waals surface area contributed by atoms with Gasteiger partial charge in [0.25, 0.3) is 0 Å². The van der Waals surface area contributed by atoms with Gasteiger partial charge in [0.1, 0.15) is 5.67 Å². The number of alkyl halides is 1. The molecule has 1 unspecified atom stereocenters. The van der Waals surface area contributed by atoms with E-state index in [0.717, 1.165) is 0 Å². The first-order valence-corrected chi connectivity index (χ1v) is 6.31. The molecule has 0 aliphatic carbocycles. The number of hydrogen-bond donors (Lipinski definition) is 0. The third-order valence-corrected chi connectivity index (χ3v) is 3.98. The van der Waals surface area contributed by atoms with Crippen LogP contribution in [0.25, 0.3) is 0 Å². The van der Waals surface area contributed by atoms with Crippen molar-refractivity contribution in [2.24, 2.45) is 29.6 Å². The molecule has 0 rings (SSSR count). The van der Waals surface area contributed by atoms with Gasteiger partial charge in [0.2, 0.25) is 0 Å². The van der Waals surface area contributed by atoms with E-state index in [2.05, 4.69) is 41.5 Å². The lowest BCUT2D eigenvalue weighted by atomic mass is 9.67. The van der Waals surface area contributed by atoms with Crippen LogP contribution in [0.3, 0.4) is 0 Å². The molecule has 0 aromatic carbocycles. The summed E-state index contributed by atoms with van der Waals surface area (Å²) in [6.45, 7) is 16.6. The Balaban J connectivity index is 4.94. The third-order valence-electron chi connectivity index (χ3n) is 3.98. The van der Waals surface area contributed by atoms with Gasteiger partial charge in [-0.1, -0.05) is 48.5 Å². The summed E-state index contributed by atoms with van der Waals surface area (Å²) in [5.41, 5.74) is -1.06. The molecule has 0 amide bonds. The molecular weight excluding hydrogens is 187 g/mol. The monoisotopic (exact) mass is 216 g/mol. The Morgan fingerprint density at radius 1 is 0.733 bits per heavy atom. The van der Waals surface area contributed by atoms with Crippen LogP contribution in [-0.2, 0) is 0 Å². The molecule has 0 radical (unpaired) electrons. The van der Waals surface area contributed by atoms with Crippen molar-refractivity contribution >= 4 is 0 Å². The minimum Gasteiger partial charge on any atom is -0.244 e. The molecule has 1 heteroatoms. The van der Waals surface area contributed by atoms with Crippen LogP contribution in [0.4, 0.5) is 4.39 Å². The van der Waals surface area contributed by atoms with Crippen molar-refractivity contribution in [2.75, 3.05) is 0 Å². The van der Waals surface area contributed by atoms with Crippen molar-refractivity contribution in [1.29, 1.82) is 0 Å². The number of halogens is 1. The van der Waals surface area contributed by atoms with Gasteiger partial charge in [-0.3, -0.25) is 0 Å². The molecule has 0 nitrogen and oxygen atoms in total. The quantitative estimate of drug-likeness (QED) is 0.611. The SMILES string of the molecule is CC(C)C(C)[C@](C)(F)C(C(C)C)C(C)C. The molecule has 0 fully saturated rings. The fraction of sp³-hybridized carbons (Fsp3) is 1.00. The van der Waals surface area contributed by atoms with Gasteiger partial charge in [0.05, 0.1) is 0 Å². The van der Waals surface area contributed by atoms with Crippen LogP contribution in [0.15, 0.2) is 0 Å². The molecule has 0 saturated heterocycles. The maximum Gasteiger partial charge on any atom is 0.114 e. The second-order valence-corrected chi connectivity index (χ2v) is 6.20. The van der Waals surface area contributed by atoms with Gasteiger partial charge in [0, 0.05) is 0 Å². The zero-order valence-corrected chi connectivity index (χ0v) is 11.8. The van der Waals surface area contributed by atoms with Gasteiger partial charge in [-0.15, -0.1) is 0 Å². The van der Waals surface area contributed by atoms with Crippen molar-refractivity contribution in [3.05, 3.63) is 0 Å². The van der Waals surface area contributed by atoms with Crippen molar-refractivity contribution in [3.63, 3.8) is 0 Å². The van der Waals surface area contributed by atoms with Gasteiger partial charge in [-0.05, 0) is 36.5 Å². The van der Waals surface area contributed by atoms with Gasteiger partial charge in [-0.2, -0.15) is 0 Å². The minimum atomic E-state index is -1.06. The zero-order valence-electron chi connectivity index (χ0n) is 11.8. The highest BCUT2D eigenvalue weighted by Gasteiger charge is 2.43. The van der Waals surface area contributed by atoms with E-state index in [-0.39, 0.29) is 11.8 Å². The second kappa shape index (κ2) is 5.32. The molecule has 0 aromatic heterocycles. The Hall–Kier alpha value is -0.0700. The Labute approximate surface area is 95.6 Å². The van der Waals surface area contributed by atoms with Crippen LogP contribution in [-0.4, -0.2) is 5.67 Å². The van der Waals surface area contributed by atoms with Crippen molar-refractivity contribution in [2.45, 2.75) is 61.1 Å². The maximum absolute atomic E-state index is 14.9. The highest BCUT2D eigenvalue weighted by atomic mass is 19.1. The molecule has 15 heavy (non-hydrogen) atoms. The molecule has 0 heterocycles. The first kappa shape index (κ1) is 14.9. The van der Waals surface area contributed by atoms with Gasteiger partial charge >= 0.3 is 0 Å². The maximum atomic E-state index is 14.9. The van der Waals surface area contributed by atoms with Crippen LogP contribution in [0.2, 0.25) is 0 Å². The Bertz CT molecular complexity index is 172. The zero-order chi connectivity index (χ0) is 12.4. The lowest BCUT2D eigenvalue weighted by Gasteiger charge is -2.42. The highest BCUT2D eigenvalue weighted by Crippen LogP contribution is 2.42. The van der Waals surface area contributed by atoms with Crippen molar-refractivity contribution in [1.82, 2.24) is 0 Å². The summed E-state index contributed by atoms with van der Waals surface area (Å²) >= 11 is 0. The summed E-state index contributed by atoms with van der Waals surface area (Å²) in [5, 5.41) is 0. The van der Waals surface area contributed by atoms with E-state index in [0.29, 0.717) is 17.8 Å². The standard InChI is InChI=1S/C14H29F/c1-9(2)12(7)14(8,15)13(10(3)4)11(5)6/h9-13H,1-8H3/t12?,14-/m0/s1. The predicted molar refractivity (Wildman–Crippen MR) is 66.7 cm³/mol. The van der Waals surface area contributed by atoms with Crippen LogP contribution in [0.5, 0.6) is 0 Å². The lowest BCUT2D eigenvalue weighted by molar-refractivity contribution is -0.0236. The Kier molecular flexibility index (Phi) is 5.29. The fourth-order valence-corrected chi connectivity index (χ4v) is 3.03. The summed E-state index contributed by atoms with van der Waals surface area (Å²) in [4.78, 5) is 0. The first-order valence-electron chi connectivity index (χ1n) is 6.31. The predicted octanol–water partition coefficient (Wildman–Crippen LogP) is 4.93. The summed E-state index contributed by atoms with van der Waals surface area (Å²) in [5.74, 6) is 1.48. The van der Waals surface area contributed by atoms with Crippen LogP contribution < -0.4 is 0 Å². The largest absolute Gasteiger partial charge is 0.244 e. The van der Waals surface area contributed by atoms with Crippen molar-refractivity contribution in [3.8, 4) is 0 Å². The average Bonchev–Trinajstić information content (AvgIpc) is 1.99. The molecule has 0 saturated carbocycles. The number of rotatable bonds is 5. The normalized spacial score (nSPS) is 19.0. The Morgan fingerprint density at radius 3 is 1.27 bits per heavy atom. The average molecular weight is 216 g/mol. The van der Waals surface area contributed by atoms with Gasteiger partial charge < -0.3 is 0 Å². The lowest BCUT2D eigenvalue weighted by Crippen LogP contribution is -2.44. The van der Waals surface area contributed by atoms with E-state index in [4.69, 9.17) is 0 Å². The van der Waals surface area contributed by atoms with E-state index in [1.165, 1.54) is 0 Å². The summed E-state index contributed by atoms with van der Waals surface area (Å²) in [6.07, 6.45) is 0. The fourth-order valence-electron chi connectivity index (χ4n) is 3.03. The first-order chi connectivity index (χ1) is 6.62. The molecular formula is C14H29F. The van der Waals surface area contributed by atoms with E-state index < -0.39 is 5.67 Å². The molecule has 0 aliphatic rings. The second-order valence-electron chi connectivity index (χ2n) is 6.20. The molecule has 0 spiro atoms. The Morgan fingerprint density at radius 2 is 1.07 bits per heavy atom. The third kappa shape index (κ3) is 3.46. The van der Waals surface area contributed by atoms with E-state index in [1.807, 2.05) is 6.92 Å².